The smallest absolute Gasteiger partial charge is 0.274 e. The summed E-state index contributed by atoms with van der Waals surface area (Å²) >= 11 is 6.11. The number of aromatic nitrogens is 2. The minimum atomic E-state index is -0.113. The van der Waals surface area contributed by atoms with Gasteiger partial charge in [-0.25, -0.2) is 9.97 Å². The van der Waals surface area contributed by atoms with E-state index >= 15 is 0 Å². The van der Waals surface area contributed by atoms with Gasteiger partial charge in [-0.3, -0.25) is 4.79 Å². The van der Waals surface area contributed by atoms with Crippen molar-refractivity contribution in [2.24, 2.45) is 0 Å². The third-order valence-electron chi connectivity index (χ3n) is 3.59. The predicted octanol–water partition coefficient (Wildman–Crippen LogP) is 2.21. The fourth-order valence-electron chi connectivity index (χ4n) is 2.29. The van der Waals surface area contributed by atoms with Crippen LogP contribution in [0.2, 0.25) is 5.02 Å². The Morgan fingerprint density at radius 3 is 2.70 bits per heavy atom. The van der Waals surface area contributed by atoms with E-state index in [0.29, 0.717) is 49.4 Å². The molecule has 0 atom stereocenters. The van der Waals surface area contributed by atoms with Crippen LogP contribution in [0.3, 0.4) is 0 Å². The number of hydrogen-bond acceptors (Lipinski definition) is 5. The standard InChI is InChI=1S/C16H17ClN4O2/c17-13-4-2-1-3-12(13)9-19-15-11-18-14(10-20-15)16(22)21-5-7-23-8-6-21/h1-4,10-11H,5-9H2,(H,19,20). The predicted molar refractivity (Wildman–Crippen MR) is 87.5 cm³/mol. The third-order valence-corrected chi connectivity index (χ3v) is 3.96. The summed E-state index contributed by atoms with van der Waals surface area (Å²) in [6.07, 6.45) is 3.05. The van der Waals surface area contributed by atoms with Crippen LogP contribution in [0.5, 0.6) is 0 Å². The van der Waals surface area contributed by atoms with Gasteiger partial charge in [0.05, 0.1) is 25.6 Å². The lowest BCUT2D eigenvalue weighted by Crippen LogP contribution is -2.41. The van der Waals surface area contributed by atoms with Gasteiger partial charge < -0.3 is 15.0 Å². The first-order chi connectivity index (χ1) is 11.2. The molecule has 1 amide bonds. The number of anilines is 1. The van der Waals surface area contributed by atoms with Gasteiger partial charge in [0.25, 0.3) is 5.91 Å². The molecule has 1 aromatic carbocycles. The summed E-state index contributed by atoms with van der Waals surface area (Å²) in [5, 5.41) is 3.85. The number of halogens is 1. The van der Waals surface area contributed by atoms with Gasteiger partial charge in [-0.05, 0) is 11.6 Å². The first-order valence-corrected chi connectivity index (χ1v) is 7.78. The number of nitrogens with zero attached hydrogens (tertiary/aromatic N) is 3. The van der Waals surface area contributed by atoms with E-state index in [2.05, 4.69) is 15.3 Å². The zero-order valence-corrected chi connectivity index (χ0v) is 13.3. The molecule has 3 rings (SSSR count). The first-order valence-electron chi connectivity index (χ1n) is 7.40. The van der Waals surface area contributed by atoms with E-state index in [9.17, 15) is 4.79 Å². The van der Waals surface area contributed by atoms with Gasteiger partial charge in [0.15, 0.2) is 0 Å². The number of carbonyl (C=O) groups is 1. The van der Waals surface area contributed by atoms with Crippen molar-refractivity contribution in [3.8, 4) is 0 Å². The van der Waals surface area contributed by atoms with Gasteiger partial charge in [0.2, 0.25) is 0 Å². The highest BCUT2D eigenvalue weighted by Gasteiger charge is 2.19. The molecule has 1 saturated heterocycles. The lowest BCUT2D eigenvalue weighted by atomic mass is 10.2. The van der Waals surface area contributed by atoms with Crippen LogP contribution < -0.4 is 5.32 Å². The van der Waals surface area contributed by atoms with E-state index in [1.54, 1.807) is 11.1 Å². The van der Waals surface area contributed by atoms with E-state index in [0.717, 1.165) is 5.56 Å². The first kappa shape index (κ1) is 15.7. The lowest BCUT2D eigenvalue weighted by molar-refractivity contribution is 0.0298. The number of rotatable bonds is 4. The molecule has 0 aliphatic carbocycles. The van der Waals surface area contributed by atoms with Gasteiger partial charge >= 0.3 is 0 Å². The fourth-order valence-corrected chi connectivity index (χ4v) is 2.49. The Hall–Kier alpha value is -2.18. The van der Waals surface area contributed by atoms with E-state index < -0.39 is 0 Å². The summed E-state index contributed by atoms with van der Waals surface area (Å²) in [7, 11) is 0. The van der Waals surface area contributed by atoms with Crippen molar-refractivity contribution < 1.29 is 9.53 Å². The number of carbonyl (C=O) groups excluding carboxylic acids is 1. The van der Waals surface area contributed by atoms with Crippen LogP contribution in [0.15, 0.2) is 36.7 Å². The van der Waals surface area contributed by atoms with Crippen molar-refractivity contribution in [3.05, 3.63) is 52.9 Å². The highest BCUT2D eigenvalue weighted by molar-refractivity contribution is 6.31. The molecule has 1 N–H and O–H groups in total. The Bertz CT molecular complexity index is 672. The molecular formula is C16H17ClN4O2. The number of nitrogens with one attached hydrogen (secondary N) is 1. The van der Waals surface area contributed by atoms with Crippen LogP contribution >= 0.6 is 11.6 Å². The highest BCUT2D eigenvalue weighted by Crippen LogP contribution is 2.16. The van der Waals surface area contributed by atoms with Crippen LogP contribution in [-0.2, 0) is 11.3 Å². The molecule has 1 fully saturated rings. The molecule has 2 heterocycles. The molecule has 23 heavy (non-hydrogen) atoms. The normalized spacial score (nSPS) is 14.6. The SMILES string of the molecule is O=C(c1cnc(NCc2ccccc2Cl)cn1)N1CCOCC1. The summed E-state index contributed by atoms with van der Waals surface area (Å²) in [4.78, 5) is 22.4. The zero-order valence-electron chi connectivity index (χ0n) is 12.5. The van der Waals surface area contributed by atoms with Crippen molar-refractivity contribution in [3.63, 3.8) is 0 Å². The second-order valence-corrected chi connectivity index (χ2v) is 5.54. The molecule has 0 bridgehead atoms. The summed E-state index contributed by atoms with van der Waals surface area (Å²) in [5.41, 5.74) is 1.32. The molecule has 1 aromatic heterocycles. The molecular weight excluding hydrogens is 316 g/mol. The summed E-state index contributed by atoms with van der Waals surface area (Å²) in [6, 6.07) is 7.60. The van der Waals surface area contributed by atoms with E-state index in [1.807, 2.05) is 24.3 Å². The molecule has 120 valence electrons. The topological polar surface area (TPSA) is 67.4 Å². The van der Waals surface area contributed by atoms with E-state index in [4.69, 9.17) is 16.3 Å². The van der Waals surface area contributed by atoms with Gasteiger partial charge in [0, 0.05) is 24.7 Å². The van der Waals surface area contributed by atoms with Crippen LogP contribution in [0.25, 0.3) is 0 Å². The number of benzene rings is 1. The van der Waals surface area contributed by atoms with Crippen molar-refractivity contribution in [2.45, 2.75) is 6.54 Å². The Labute approximate surface area is 139 Å². The van der Waals surface area contributed by atoms with E-state index in [1.165, 1.54) is 6.20 Å². The molecule has 2 aromatic rings. The molecule has 0 unspecified atom stereocenters. The molecule has 0 saturated carbocycles. The lowest BCUT2D eigenvalue weighted by Gasteiger charge is -2.26. The van der Waals surface area contributed by atoms with Crippen LogP contribution in [0.1, 0.15) is 16.1 Å². The van der Waals surface area contributed by atoms with Gasteiger partial charge in [-0.15, -0.1) is 0 Å². The Kier molecular flexibility index (Phi) is 5.05. The maximum atomic E-state index is 12.3. The van der Waals surface area contributed by atoms with E-state index in [-0.39, 0.29) is 5.91 Å². The second-order valence-electron chi connectivity index (χ2n) is 5.14. The number of ether oxygens (including phenoxy) is 1. The third kappa shape index (κ3) is 3.97. The average Bonchev–Trinajstić information content (AvgIpc) is 2.62. The van der Waals surface area contributed by atoms with Gasteiger partial charge in [-0.1, -0.05) is 29.8 Å². The average molecular weight is 333 g/mol. The summed E-state index contributed by atoms with van der Waals surface area (Å²) < 4.78 is 5.24. The summed E-state index contributed by atoms with van der Waals surface area (Å²) in [5.74, 6) is 0.488. The summed E-state index contributed by atoms with van der Waals surface area (Å²) in [6.45, 7) is 2.86. The minimum absolute atomic E-state index is 0.113. The van der Waals surface area contributed by atoms with Gasteiger partial charge in [-0.2, -0.15) is 0 Å². The van der Waals surface area contributed by atoms with Crippen LogP contribution in [0.4, 0.5) is 5.82 Å². The molecule has 1 aliphatic heterocycles. The quantitative estimate of drug-likeness (QED) is 0.929. The monoisotopic (exact) mass is 332 g/mol. The largest absolute Gasteiger partial charge is 0.378 e. The molecule has 7 heteroatoms. The Morgan fingerprint density at radius 2 is 2.00 bits per heavy atom. The zero-order chi connectivity index (χ0) is 16.1. The van der Waals surface area contributed by atoms with Crippen LogP contribution in [-0.4, -0.2) is 47.1 Å². The number of morpholine rings is 1. The maximum Gasteiger partial charge on any atom is 0.274 e. The number of hydrogen-bond donors (Lipinski definition) is 1. The second kappa shape index (κ2) is 7.39. The molecule has 0 radical (unpaired) electrons. The van der Waals surface area contributed by atoms with Gasteiger partial charge in [0.1, 0.15) is 11.5 Å². The Balaban J connectivity index is 1.60. The van der Waals surface area contributed by atoms with Crippen molar-refractivity contribution in [1.82, 2.24) is 14.9 Å². The minimum Gasteiger partial charge on any atom is -0.378 e. The fraction of sp³-hybridized carbons (Fsp3) is 0.312. The number of amides is 1. The highest BCUT2D eigenvalue weighted by atomic mass is 35.5. The molecule has 0 spiro atoms. The van der Waals surface area contributed by atoms with Crippen LogP contribution in [0, 0.1) is 0 Å². The van der Waals surface area contributed by atoms with Crippen molar-refractivity contribution in [1.29, 1.82) is 0 Å². The maximum absolute atomic E-state index is 12.3. The van der Waals surface area contributed by atoms with Crippen molar-refractivity contribution >= 4 is 23.3 Å². The Morgan fingerprint density at radius 1 is 1.22 bits per heavy atom. The van der Waals surface area contributed by atoms with Crippen molar-refractivity contribution in [2.75, 3.05) is 31.6 Å². The molecule has 6 nitrogen and oxygen atoms in total. The molecule has 1 aliphatic rings.